The van der Waals surface area contributed by atoms with Gasteiger partial charge in [0.25, 0.3) is 0 Å². The Morgan fingerprint density at radius 1 is 1.35 bits per heavy atom. The minimum absolute atomic E-state index is 0.00674. The van der Waals surface area contributed by atoms with Crippen LogP contribution in [0, 0.1) is 0 Å². The van der Waals surface area contributed by atoms with Crippen LogP contribution in [-0.4, -0.2) is 40.6 Å². The highest BCUT2D eigenvalue weighted by atomic mass is 16.4. The number of carbonyl (C=O) groups excluding carboxylic acids is 1. The minimum atomic E-state index is -0.849. The number of carboxylic acid groups (broad SMARTS) is 1. The maximum absolute atomic E-state index is 12.4. The lowest BCUT2D eigenvalue weighted by Crippen LogP contribution is -2.55. The fourth-order valence-corrected chi connectivity index (χ4v) is 2.87. The zero-order chi connectivity index (χ0) is 15.0. The van der Waals surface area contributed by atoms with Crippen LogP contribution in [0.4, 0.5) is 4.79 Å². The molecule has 0 aliphatic heterocycles. The third-order valence-electron chi connectivity index (χ3n) is 3.80. The average Bonchev–Trinajstić information content (AvgIpc) is 2.38. The molecule has 2 amide bonds. The number of nitrogens with one attached hydrogen (secondary N) is 1. The van der Waals surface area contributed by atoms with Crippen LogP contribution in [0.2, 0.25) is 0 Å². The van der Waals surface area contributed by atoms with E-state index in [4.69, 9.17) is 5.11 Å². The third-order valence-corrected chi connectivity index (χ3v) is 3.80. The number of carboxylic acids is 1. The maximum Gasteiger partial charge on any atom is 0.318 e. The molecule has 1 aliphatic rings. The number of rotatable bonds is 7. The Bertz CT molecular complexity index is 349. The molecule has 114 valence electrons. The first-order chi connectivity index (χ1) is 9.53. The molecule has 1 rings (SSSR count). The van der Waals surface area contributed by atoms with Crippen molar-refractivity contribution in [3.8, 4) is 0 Å². The molecule has 0 spiro atoms. The standard InChI is InChI=1S/C15H26N2O3/c1-3-10-17(11-4-2)14(20)16-15(12-13(18)19)8-6-5-7-9-15/h3H,1,4-12H2,2H3,(H,16,20)(H,18,19). The summed E-state index contributed by atoms with van der Waals surface area (Å²) in [5.74, 6) is -0.849. The van der Waals surface area contributed by atoms with Crippen molar-refractivity contribution in [3.05, 3.63) is 12.7 Å². The van der Waals surface area contributed by atoms with Gasteiger partial charge in [-0.3, -0.25) is 4.79 Å². The molecule has 0 aromatic carbocycles. The molecule has 0 saturated heterocycles. The predicted octanol–water partition coefficient (Wildman–Crippen LogP) is 2.77. The van der Waals surface area contributed by atoms with E-state index in [1.165, 1.54) is 0 Å². The molecule has 2 N–H and O–H groups in total. The Balaban J connectivity index is 2.74. The van der Waals surface area contributed by atoms with Crippen LogP contribution >= 0.6 is 0 Å². The minimum Gasteiger partial charge on any atom is -0.481 e. The van der Waals surface area contributed by atoms with Gasteiger partial charge in [0.1, 0.15) is 0 Å². The zero-order valence-electron chi connectivity index (χ0n) is 12.4. The van der Waals surface area contributed by atoms with Gasteiger partial charge in [0.05, 0.1) is 12.0 Å². The van der Waals surface area contributed by atoms with Gasteiger partial charge in [-0.25, -0.2) is 4.79 Å². The highest BCUT2D eigenvalue weighted by Crippen LogP contribution is 2.31. The summed E-state index contributed by atoms with van der Waals surface area (Å²) < 4.78 is 0. The molecule has 0 bridgehead atoms. The van der Waals surface area contributed by atoms with Gasteiger partial charge in [-0.1, -0.05) is 32.3 Å². The molecule has 20 heavy (non-hydrogen) atoms. The van der Waals surface area contributed by atoms with E-state index in [1.807, 2.05) is 6.92 Å². The molecule has 5 heteroatoms. The number of nitrogens with zero attached hydrogens (tertiary/aromatic N) is 1. The molecule has 0 aromatic rings. The third kappa shape index (κ3) is 4.87. The van der Waals surface area contributed by atoms with Gasteiger partial charge < -0.3 is 15.3 Å². The Morgan fingerprint density at radius 2 is 2.00 bits per heavy atom. The molecule has 0 unspecified atom stereocenters. The second-order valence-electron chi connectivity index (χ2n) is 5.58. The molecule has 1 fully saturated rings. The van der Waals surface area contributed by atoms with Crippen molar-refractivity contribution in [2.75, 3.05) is 13.1 Å². The smallest absolute Gasteiger partial charge is 0.318 e. The van der Waals surface area contributed by atoms with Crippen molar-refractivity contribution >= 4 is 12.0 Å². The Labute approximate surface area is 121 Å². The Kier molecular flexibility index (Phi) is 6.55. The zero-order valence-corrected chi connectivity index (χ0v) is 12.4. The number of urea groups is 1. The lowest BCUT2D eigenvalue weighted by Gasteiger charge is -2.38. The Morgan fingerprint density at radius 3 is 2.50 bits per heavy atom. The lowest BCUT2D eigenvalue weighted by atomic mass is 9.79. The van der Waals surface area contributed by atoms with E-state index >= 15 is 0 Å². The molecular formula is C15H26N2O3. The first-order valence-corrected chi connectivity index (χ1v) is 7.43. The van der Waals surface area contributed by atoms with Gasteiger partial charge in [-0.05, 0) is 19.3 Å². The van der Waals surface area contributed by atoms with E-state index in [2.05, 4.69) is 11.9 Å². The van der Waals surface area contributed by atoms with Crippen molar-refractivity contribution in [2.45, 2.75) is 57.4 Å². The van der Waals surface area contributed by atoms with Gasteiger partial charge in [0.2, 0.25) is 0 Å². The van der Waals surface area contributed by atoms with Gasteiger partial charge in [-0.15, -0.1) is 6.58 Å². The van der Waals surface area contributed by atoms with Crippen LogP contribution in [0.3, 0.4) is 0 Å². The summed E-state index contributed by atoms with van der Waals surface area (Å²) in [6.45, 7) is 6.82. The first-order valence-electron chi connectivity index (χ1n) is 7.43. The quantitative estimate of drug-likeness (QED) is 0.705. The van der Waals surface area contributed by atoms with Crippen molar-refractivity contribution in [2.24, 2.45) is 0 Å². The van der Waals surface area contributed by atoms with Gasteiger partial charge in [-0.2, -0.15) is 0 Å². The average molecular weight is 282 g/mol. The predicted molar refractivity (Wildman–Crippen MR) is 78.7 cm³/mol. The fraction of sp³-hybridized carbons (Fsp3) is 0.733. The van der Waals surface area contributed by atoms with E-state index in [1.54, 1.807) is 11.0 Å². The van der Waals surface area contributed by atoms with E-state index in [0.29, 0.717) is 13.1 Å². The SMILES string of the molecule is C=CCN(CCC)C(=O)NC1(CC(=O)O)CCCCC1. The van der Waals surface area contributed by atoms with Crippen LogP contribution < -0.4 is 5.32 Å². The maximum atomic E-state index is 12.4. The summed E-state index contributed by atoms with van der Waals surface area (Å²) in [5, 5.41) is 12.1. The van der Waals surface area contributed by atoms with E-state index in [9.17, 15) is 9.59 Å². The van der Waals surface area contributed by atoms with Crippen molar-refractivity contribution in [1.82, 2.24) is 10.2 Å². The summed E-state index contributed by atoms with van der Waals surface area (Å²) in [7, 11) is 0. The number of carbonyl (C=O) groups is 2. The van der Waals surface area contributed by atoms with Gasteiger partial charge in [0, 0.05) is 13.1 Å². The Hall–Kier alpha value is -1.52. The molecule has 0 aromatic heterocycles. The highest BCUT2D eigenvalue weighted by Gasteiger charge is 2.36. The number of hydrogen-bond donors (Lipinski definition) is 2. The van der Waals surface area contributed by atoms with Crippen LogP contribution in [-0.2, 0) is 4.79 Å². The second kappa shape index (κ2) is 7.92. The van der Waals surface area contributed by atoms with Crippen LogP contribution in [0.15, 0.2) is 12.7 Å². The number of aliphatic carboxylic acids is 1. The monoisotopic (exact) mass is 282 g/mol. The fourth-order valence-electron chi connectivity index (χ4n) is 2.87. The lowest BCUT2D eigenvalue weighted by molar-refractivity contribution is -0.139. The number of amides is 2. The van der Waals surface area contributed by atoms with Crippen LogP contribution in [0.5, 0.6) is 0 Å². The molecule has 1 aliphatic carbocycles. The first kappa shape index (κ1) is 16.5. The molecule has 0 atom stereocenters. The van der Waals surface area contributed by atoms with Crippen molar-refractivity contribution in [1.29, 1.82) is 0 Å². The van der Waals surface area contributed by atoms with E-state index in [0.717, 1.165) is 38.5 Å². The normalized spacial score (nSPS) is 17.2. The summed E-state index contributed by atoms with van der Waals surface area (Å²) in [6, 6.07) is -0.171. The van der Waals surface area contributed by atoms with Crippen LogP contribution in [0.1, 0.15) is 51.9 Å². The molecule has 0 heterocycles. The van der Waals surface area contributed by atoms with Crippen LogP contribution in [0.25, 0.3) is 0 Å². The van der Waals surface area contributed by atoms with Crippen molar-refractivity contribution < 1.29 is 14.7 Å². The largest absolute Gasteiger partial charge is 0.481 e. The second-order valence-corrected chi connectivity index (χ2v) is 5.58. The van der Waals surface area contributed by atoms with E-state index in [-0.39, 0.29) is 12.5 Å². The van der Waals surface area contributed by atoms with Crippen molar-refractivity contribution in [3.63, 3.8) is 0 Å². The van der Waals surface area contributed by atoms with Gasteiger partial charge in [0.15, 0.2) is 0 Å². The molecule has 5 nitrogen and oxygen atoms in total. The topological polar surface area (TPSA) is 69.6 Å². The van der Waals surface area contributed by atoms with E-state index < -0.39 is 11.5 Å². The summed E-state index contributed by atoms with van der Waals surface area (Å²) in [4.78, 5) is 25.1. The highest BCUT2D eigenvalue weighted by molar-refractivity contribution is 5.77. The van der Waals surface area contributed by atoms with Gasteiger partial charge >= 0.3 is 12.0 Å². The number of hydrogen-bond acceptors (Lipinski definition) is 2. The molecule has 0 radical (unpaired) electrons. The summed E-state index contributed by atoms with van der Waals surface area (Å²) in [5.41, 5.74) is -0.575. The summed E-state index contributed by atoms with van der Waals surface area (Å²) in [6.07, 6.45) is 7.13. The molecular weight excluding hydrogens is 256 g/mol. The molecule has 1 saturated carbocycles. The summed E-state index contributed by atoms with van der Waals surface area (Å²) >= 11 is 0.